The Morgan fingerprint density at radius 1 is 1.13 bits per heavy atom. The van der Waals surface area contributed by atoms with Gasteiger partial charge in [-0.05, 0) is 19.8 Å². The van der Waals surface area contributed by atoms with Gasteiger partial charge in [0.2, 0.25) is 0 Å². The maximum atomic E-state index is 11.2. The van der Waals surface area contributed by atoms with Gasteiger partial charge in [0.1, 0.15) is 12.2 Å². The zero-order valence-corrected chi connectivity index (χ0v) is 10.0. The minimum absolute atomic E-state index is 0.0284. The smallest absolute Gasteiger partial charge is 0.313 e. The van der Waals surface area contributed by atoms with Crippen molar-refractivity contribution in [1.29, 1.82) is 0 Å². The van der Waals surface area contributed by atoms with Crippen molar-refractivity contribution < 1.29 is 14.3 Å². The van der Waals surface area contributed by atoms with Crippen LogP contribution in [0.2, 0.25) is 0 Å². The van der Waals surface area contributed by atoms with E-state index in [1.165, 1.54) is 0 Å². The van der Waals surface area contributed by atoms with Gasteiger partial charge in [-0.2, -0.15) is 0 Å². The van der Waals surface area contributed by atoms with Crippen molar-refractivity contribution in [3.63, 3.8) is 0 Å². The molecule has 0 saturated carbocycles. The van der Waals surface area contributed by atoms with Crippen LogP contribution in [0, 0.1) is 0 Å². The summed E-state index contributed by atoms with van der Waals surface area (Å²) in [6, 6.07) is 0. The van der Waals surface area contributed by atoms with Crippen molar-refractivity contribution in [2.75, 3.05) is 12.5 Å². The Hall–Kier alpha value is -0.570. The monoisotopic (exact) mass is 234 g/mol. The molecule has 0 bridgehead atoms. The lowest BCUT2D eigenvalue weighted by atomic mass is 10.1. The highest BCUT2D eigenvalue weighted by molar-refractivity contribution is 6.17. The van der Waals surface area contributed by atoms with Gasteiger partial charge in [0.15, 0.2) is 0 Å². The Morgan fingerprint density at radius 2 is 1.80 bits per heavy atom. The summed E-state index contributed by atoms with van der Waals surface area (Å²) in [6.07, 6.45) is 4.28. The third-order valence-corrected chi connectivity index (χ3v) is 2.25. The van der Waals surface area contributed by atoms with E-state index in [4.69, 9.17) is 11.6 Å². The van der Waals surface area contributed by atoms with Crippen LogP contribution in [0.25, 0.3) is 0 Å². The Balaban J connectivity index is 3.37. The van der Waals surface area contributed by atoms with E-state index in [1.807, 2.05) is 0 Å². The summed E-state index contributed by atoms with van der Waals surface area (Å²) >= 11 is 5.52. The van der Waals surface area contributed by atoms with Gasteiger partial charge in [-0.25, -0.2) is 0 Å². The molecule has 0 aliphatic heterocycles. The average molecular weight is 235 g/mol. The fourth-order valence-corrected chi connectivity index (χ4v) is 1.42. The van der Waals surface area contributed by atoms with Crippen LogP contribution in [0.5, 0.6) is 0 Å². The molecular weight excluding hydrogens is 216 g/mol. The van der Waals surface area contributed by atoms with Crippen molar-refractivity contribution in [3.8, 4) is 0 Å². The summed E-state index contributed by atoms with van der Waals surface area (Å²) < 4.78 is 4.68. The number of esters is 1. The molecule has 0 spiro atoms. The Bertz CT molecular complexity index is 192. The van der Waals surface area contributed by atoms with Crippen molar-refractivity contribution in [2.45, 2.75) is 45.4 Å². The first-order valence-corrected chi connectivity index (χ1v) is 5.97. The van der Waals surface area contributed by atoms with Crippen LogP contribution in [0.3, 0.4) is 0 Å². The summed E-state index contributed by atoms with van der Waals surface area (Å²) in [6.45, 7) is 2.07. The molecule has 88 valence electrons. The summed E-state index contributed by atoms with van der Waals surface area (Å²) in [7, 11) is 0. The van der Waals surface area contributed by atoms with E-state index in [0.717, 1.165) is 25.7 Å². The molecule has 0 heterocycles. The average Bonchev–Trinajstić information content (AvgIpc) is 2.17. The molecule has 0 aromatic carbocycles. The lowest BCUT2D eigenvalue weighted by Gasteiger charge is -2.01. The first kappa shape index (κ1) is 14.4. The summed E-state index contributed by atoms with van der Waals surface area (Å²) in [4.78, 5) is 22.2. The van der Waals surface area contributed by atoms with Crippen molar-refractivity contribution in [3.05, 3.63) is 0 Å². The molecule has 0 aromatic heterocycles. The van der Waals surface area contributed by atoms with Crippen LogP contribution in [-0.2, 0) is 14.3 Å². The van der Waals surface area contributed by atoms with Crippen molar-refractivity contribution >= 4 is 23.4 Å². The molecule has 0 saturated heterocycles. The minimum Gasteiger partial charge on any atom is -0.466 e. The van der Waals surface area contributed by atoms with Crippen LogP contribution >= 0.6 is 11.6 Å². The molecule has 3 nitrogen and oxygen atoms in total. The van der Waals surface area contributed by atoms with Crippen molar-refractivity contribution in [1.82, 2.24) is 0 Å². The zero-order valence-electron chi connectivity index (χ0n) is 9.26. The number of ether oxygens (including phenoxy) is 1. The van der Waals surface area contributed by atoms with E-state index < -0.39 is 5.97 Å². The minimum atomic E-state index is -0.414. The maximum absolute atomic E-state index is 11.2. The van der Waals surface area contributed by atoms with Crippen LogP contribution in [0.4, 0.5) is 0 Å². The summed E-state index contributed by atoms with van der Waals surface area (Å²) in [5.74, 6) is 0.235. The molecule has 0 amide bonds. The summed E-state index contributed by atoms with van der Waals surface area (Å²) in [5.41, 5.74) is 0. The zero-order chi connectivity index (χ0) is 11.5. The van der Waals surface area contributed by atoms with Gasteiger partial charge >= 0.3 is 5.97 Å². The van der Waals surface area contributed by atoms with E-state index in [1.54, 1.807) is 6.92 Å². The lowest BCUT2D eigenvalue weighted by molar-refractivity contribution is -0.145. The quantitative estimate of drug-likeness (QED) is 0.267. The fraction of sp³-hybridized carbons (Fsp3) is 0.818. The molecule has 0 atom stereocenters. The van der Waals surface area contributed by atoms with E-state index in [0.29, 0.717) is 18.9 Å². The largest absolute Gasteiger partial charge is 0.466 e. The molecule has 4 heteroatoms. The number of carbonyl (C=O) groups is 2. The number of alkyl halides is 1. The third-order valence-electron chi connectivity index (χ3n) is 1.99. The van der Waals surface area contributed by atoms with Gasteiger partial charge in [0, 0.05) is 12.3 Å². The summed E-state index contributed by atoms with van der Waals surface area (Å²) in [5, 5.41) is 0. The van der Waals surface area contributed by atoms with Gasteiger partial charge < -0.3 is 4.74 Å². The number of hydrogen-bond acceptors (Lipinski definition) is 3. The topological polar surface area (TPSA) is 43.4 Å². The predicted molar refractivity (Wildman–Crippen MR) is 60.1 cm³/mol. The van der Waals surface area contributed by atoms with E-state index in [-0.39, 0.29) is 12.2 Å². The molecule has 0 radical (unpaired) electrons. The normalized spacial score (nSPS) is 10.0. The molecular formula is C11H19ClO3. The second-order valence-electron chi connectivity index (χ2n) is 3.37. The van der Waals surface area contributed by atoms with Crippen molar-refractivity contribution in [2.24, 2.45) is 0 Å². The molecule has 0 fully saturated rings. The van der Waals surface area contributed by atoms with Crippen LogP contribution in [0.15, 0.2) is 0 Å². The standard InChI is InChI=1S/C11H19ClO3/c1-2-15-11(14)9-10(13)7-5-3-4-6-8-12/h2-9H2,1H3. The van der Waals surface area contributed by atoms with E-state index in [2.05, 4.69) is 4.74 Å². The number of carbonyl (C=O) groups excluding carboxylic acids is 2. The van der Waals surface area contributed by atoms with Crippen LogP contribution < -0.4 is 0 Å². The Kier molecular flexibility index (Phi) is 9.59. The van der Waals surface area contributed by atoms with Gasteiger partial charge in [-0.3, -0.25) is 9.59 Å². The maximum Gasteiger partial charge on any atom is 0.313 e. The third kappa shape index (κ3) is 9.73. The second-order valence-corrected chi connectivity index (χ2v) is 3.75. The van der Waals surface area contributed by atoms with Gasteiger partial charge in [-0.1, -0.05) is 12.8 Å². The number of rotatable bonds is 9. The number of hydrogen-bond donors (Lipinski definition) is 0. The first-order chi connectivity index (χ1) is 7.20. The second kappa shape index (κ2) is 9.97. The molecule has 0 aliphatic rings. The number of unbranched alkanes of at least 4 members (excludes halogenated alkanes) is 3. The predicted octanol–water partition coefficient (Wildman–Crippen LogP) is 2.70. The van der Waals surface area contributed by atoms with Crippen LogP contribution in [-0.4, -0.2) is 24.2 Å². The molecule has 0 N–H and O–H groups in total. The SMILES string of the molecule is CCOC(=O)CC(=O)CCCCCCCl. The number of ketones is 1. The lowest BCUT2D eigenvalue weighted by Crippen LogP contribution is -2.10. The van der Waals surface area contributed by atoms with E-state index >= 15 is 0 Å². The van der Waals surface area contributed by atoms with Gasteiger partial charge in [-0.15, -0.1) is 11.6 Å². The molecule has 0 unspecified atom stereocenters. The van der Waals surface area contributed by atoms with E-state index in [9.17, 15) is 9.59 Å². The fourth-order valence-electron chi connectivity index (χ4n) is 1.23. The van der Waals surface area contributed by atoms with Gasteiger partial charge in [0.05, 0.1) is 6.61 Å². The Labute approximate surface area is 96.1 Å². The highest BCUT2D eigenvalue weighted by Crippen LogP contribution is 2.06. The molecule has 0 aliphatic carbocycles. The highest BCUT2D eigenvalue weighted by Gasteiger charge is 2.09. The Morgan fingerprint density at radius 3 is 2.40 bits per heavy atom. The van der Waals surface area contributed by atoms with Crippen LogP contribution in [0.1, 0.15) is 45.4 Å². The number of Topliss-reactive ketones (excluding diaryl/α,β-unsaturated/α-hetero) is 1. The molecule has 0 aromatic rings. The van der Waals surface area contributed by atoms with Gasteiger partial charge in [0.25, 0.3) is 0 Å². The highest BCUT2D eigenvalue weighted by atomic mass is 35.5. The molecule has 0 rings (SSSR count). The number of halogens is 1. The molecule has 15 heavy (non-hydrogen) atoms. The first-order valence-electron chi connectivity index (χ1n) is 5.44.